The summed E-state index contributed by atoms with van der Waals surface area (Å²) in [5.41, 5.74) is 1.62. The Balaban J connectivity index is 2.89. The minimum Gasteiger partial charge on any atom is -0.370 e. The van der Waals surface area contributed by atoms with Crippen LogP contribution in [0.5, 0.6) is 0 Å². The van der Waals surface area contributed by atoms with E-state index in [-0.39, 0.29) is 11.9 Å². The van der Waals surface area contributed by atoms with Crippen molar-refractivity contribution in [2.24, 2.45) is 5.92 Å². The number of nitrogens with one attached hydrogen (secondary N) is 2. The Kier molecular flexibility index (Phi) is 6.49. The molecular weight excluding hydrogens is 250 g/mol. The highest BCUT2D eigenvalue weighted by molar-refractivity contribution is 5.95. The number of aryl methyl sites for hydroxylation is 1. The van der Waals surface area contributed by atoms with Gasteiger partial charge in [0.2, 0.25) is 0 Å². The van der Waals surface area contributed by atoms with Gasteiger partial charge in [0.1, 0.15) is 5.82 Å². The molecule has 4 heteroatoms. The second-order valence-electron chi connectivity index (χ2n) is 5.52. The monoisotopic (exact) mass is 277 g/mol. The van der Waals surface area contributed by atoms with Gasteiger partial charge >= 0.3 is 0 Å². The average molecular weight is 277 g/mol. The number of anilines is 1. The number of hydrogen-bond acceptors (Lipinski definition) is 3. The van der Waals surface area contributed by atoms with E-state index in [9.17, 15) is 4.79 Å². The van der Waals surface area contributed by atoms with E-state index >= 15 is 0 Å². The van der Waals surface area contributed by atoms with E-state index in [0.29, 0.717) is 11.5 Å². The minimum atomic E-state index is -0.0251. The predicted molar refractivity (Wildman–Crippen MR) is 84.2 cm³/mol. The molecule has 0 aromatic carbocycles. The zero-order valence-electron chi connectivity index (χ0n) is 13.3. The molecule has 1 atom stereocenters. The van der Waals surface area contributed by atoms with E-state index in [1.807, 2.05) is 26.0 Å². The van der Waals surface area contributed by atoms with Crippen LogP contribution in [0, 0.1) is 5.92 Å². The summed E-state index contributed by atoms with van der Waals surface area (Å²) >= 11 is 0. The first-order valence-electron chi connectivity index (χ1n) is 7.53. The molecule has 1 unspecified atom stereocenters. The normalized spacial score (nSPS) is 12.3. The zero-order chi connectivity index (χ0) is 15.1. The van der Waals surface area contributed by atoms with Crippen molar-refractivity contribution in [3.05, 3.63) is 23.4 Å². The molecule has 1 aromatic rings. The summed E-state index contributed by atoms with van der Waals surface area (Å²) in [5, 5.41) is 6.29. The number of nitrogens with zero attached hydrogens (tertiary/aromatic N) is 1. The molecule has 0 radical (unpaired) electrons. The van der Waals surface area contributed by atoms with Gasteiger partial charge in [-0.1, -0.05) is 27.7 Å². The van der Waals surface area contributed by atoms with Crippen LogP contribution in [-0.2, 0) is 6.42 Å². The molecule has 0 aliphatic carbocycles. The molecule has 4 nitrogen and oxygen atoms in total. The lowest BCUT2D eigenvalue weighted by Gasteiger charge is -2.18. The Bertz CT molecular complexity index is 443. The lowest BCUT2D eigenvalue weighted by atomic mass is 10.1. The smallest absolute Gasteiger partial charge is 0.251 e. The number of amides is 1. The molecule has 1 rings (SSSR count). The number of pyridine rings is 1. The van der Waals surface area contributed by atoms with Crippen LogP contribution in [0.25, 0.3) is 0 Å². The van der Waals surface area contributed by atoms with Crippen molar-refractivity contribution in [3.8, 4) is 0 Å². The molecule has 0 aliphatic rings. The molecule has 2 N–H and O–H groups in total. The highest BCUT2D eigenvalue weighted by atomic mass is 16.1. The Hall–Kier alpha value is -1.58. The summed E-state index contributed by atoms with van der Waals surface area (Å²) in [6, 6.07) is 3.87. The zero-order valence-corrected chi connectivity index (χ0v) is 13.3. The number of aromatic nitrogens is 1. The summed E-state index contributed by atoms with van der Waals surface area (Å²) in [6.07, 6.45) is 1.85. The number of rotatable bonds is 7. The molecule has 0 spiro atoms. The lowest BCUT2D eigenvalue weighted by molar-refractivity contribution is 0.0930. The summed E-state index contributed by atoms with van der Waals surface area (Å²) in [7, 11) is 0. The largest absolute Gasteiger partial charge is 0.370 e. The maximum atomic E-state index is 12.3. The molecule has 0 fully saturated rings. The summed E-state index contributed by atoms with van der Waals surface area (Å²) in [5.74, 6) is 1.18. The van der Waals surface area contributed by atoms with Crippen molar-refractivity contribution in [3.63, 3.8) is 0 Å². The van der Waals surface area contributed by atoms with Crippen LogP contribution in [0.15, 0.2) is 12.1 Å². The maximum Gasteiger partial charge on any atom is 0.251 e. The summed E-state index contributed by atoms with van der Waals surface area (Å²) in [6.45, 7) is 11.2. The van der Waals surface area contributed by atoms with Crippen LogP contribution in [-0.4, -0.2) is 23.5 Å². The first-order valence-corrected chi connectivity index (χ1v) is 7.53. The first-order chi connectivity index (χ1) is 9.47. The fourth-order valence-electron chi connectivity index (χ4n) is 1.70. The van der Waals surface area contributed by atoms with Gasteiger partial charge < -0.3 is 10.6 Å². The van der Waals surface area contributed by atoms with Crippen molar-refractivity contribution in [1.82, 2.24) is 10.3 Å². The summed E-state index contributed by atoms with van der Waals surface area (Å²) < 4.78 is 0. The van der Waals surface area contributed by atoms with Gasteiger partial charge in [0, 0.05) is 23.8 Å². The molecule has 0 saturated heterocycles. The van der Waals surface area contributed by atoms with Crippen molar-refractivity contribution in [2.75, 3.05) is 11.9 Å². The van der Waals surface area contributed by atoms with Crippen LogP contribution < -0.4 is 10.6 Å². The van der Waals surface area contributed by atoms with Crippen molar-refractivity contribution in [1.29, 1.82) is 0 Å². The molecule has 112 valence electrons. The van der Waals surface area contributed by atoms with Gasteiger partial charge in [0.15, 0.2) is 0 Å². The molecule has 0 aliphatic heterocycles. The van der Waals surface area contributed by atoms with Crippen molar-refractivity contribution < 1.29 is 4.79 Å². The Morgan fingerprint density at radius 2 is 1.95 bits per heavy atom. The van der Waals surface area contributed by atoms with Gasteiger partial charge in [0.05, 0.1) is 0 Å². The fraction of sp³-hybridized carbons (Fsp3) is 0.625. The number of carbonyl (C=O) groups excluding carboxylic acids is 1. The second-order valence-corrected chi connectivity index (χ2v) is 5.52. The third-order valence-corrected chi connectivity index (χ3v) is 3.42. The molecule has 1 amide bonds. The van der Waals surface area contributed by atoms with Crippen LogP contribution in [0.4, 0.5) is 5.82 Å². The molecule has 0 saturated carbocycles. The SMILES string of the molecule is CCCNc1cc(C(=O)NC(C)C(C)C)cc(CC)n1. The van der Waals surface area contributed by atoms with Crippen LogP contribution >= 0.6 is 0 Å². The fourth-order valence-corrected chi connectivity index (χ4v) is 1.70. The van der Waals surface area contributed by atoms with Gasteiger partial charge in [-0.05, 0) is 37.8 Å². The highest BCUT2D eigenvalue weighted by Gasteiger charge is 2.14. The minimum absolute atomic E-state index is 0.0251. The van der Waals surface area contributed by atoms with E-state index in [1.165, 1.54) is 0 Å². The molecule has 20 heavy (non-hydrogen) atoms. The standard InChI is InChI=1S/C16H27N3O/c1-6-8-17-15-10-13(9-14(7-2)19-15)16(20)18-12(5)11(3)4/h9-12H,6-8H2,1-5H3,(H,17,19)(H,18,20). The highest BCUT2D eigenvalue weighted by Crippen LogP contribution is 2.12. The molecule has 0 bridgehead atoms. The van der Waals surface area contributed by atoms with Crippen LogP contribution in [0.3, 0.4) is 0 Å². The third kappa shape index (κ3) is 4.83. The van der Waals surface area contributed by atoms with E-state index in [4.69, 9.17) is 0 Å². The van der Waals surface area contributed by atoms with Gasteiger partial charge in [-0.25, -0.2) is 4.98 Å². The quantitative estimate of drug-likeness (QED) is 0.804. The first kappa shape index (κ1) is 16.5. The van der Waals surface area contributed by atoms with Gasteiger partial charge in [-0.15, -0.1) is 0 Å². The van der Waals surface area contributed by atoms with E-state index in [0.717, 1.165) is 30.9 Å². The molecular formula is C16H27N3O. The number of carbonyl (C=O) groups is 1. The van der Waals surface area contributed by atoms with Crippen molar-refractivity contribution in [2.45, 2.75) is 53.5 Å². The lowest BCUT2D eigenvalue weighted by Crippen LogP contribution is -2.36. The average Bonchev–Trinajstić information content (AvgIpc) is 2.44. The maximum absolute atomic E-state index is 12.3. The Morgan fingerprint density at radius 1 is 1.25 bits per heavy atom. The van der Waals surface area contributed by atoms with Gasteiger partial charge in [-0.2, -0.15) is 0 Å². The second kappa shape index (κ2) is 7.88. The topological polar surface area (TPSA) is 54.0 Å². The molecule has 1 aromatic heterocycles. The van der Waals surface area contributed by atoms with Gasteiger partial charge in [0.25, 0.3) is 5.91 Å². The van der Waals surface area contributed by atoms with E-state index < -0.39 is 0 Å². The van der Waals surface area contributed by atoms with Crippen LogP contribution in [0.1, 0.15) is 57.1 Å². The van der Waals surface area contributed by atoms with E-state index in [2.05, 4.69) is 36.4 Å². The number of hydrogen-bond donors (Lipinski definition) is 2. The van der Waals surface area contributed by atoms with Crippen molar-refractivity contribution >= 4 is 11.7 Å². The van der Waals surface area contributed by atoms with Gasteiger partial charge in [-0.3, -0.25) is 4.79 Å². The third-order valence-electron chi connectivity index (χ3n) is 3.42. The Morgan fingerprint density at radius 3 is 2.50 bits per heavy atom. The van der Waals surface area contributed by atoms with E-state index in [1.54, 1.807) is 0 Å². The Labute approximate surface area is 122 Å². The summed E-state index contributed by atoms with van der Waals surface area (Å²) in [4.78, 5) is 16.8. The van der Waals surface area contributed by atoms with Crippen LogP contribution in [0.2, 0.25) is 0 Å². The molecule has 1 heterocycles. The predicted octanol–water partition coefficient (Wildman–Crippen LogP) is 3.24.